The number of fused-ring (bicyclic) bond motifs is 1. The summed E-state index contributed by atoms with van der Waals surface area (Å²) in [5.74, 6) is -1.03. The quantitative estimate of drug-likeness (QED) is 0.722. The highest BCUT2D eigenvalue weighted by Gasteiger charge is 2.65. The summed E-state index contributed by atoms with van der Waals surface area (Å²) in [5.41, 5.74) is -2.97. The summed E-state index contributed by atoms with van der Waals surface area (Å²) in [6.07, 6.45) is -4.87. The lowest BCUT2D eigenvalue weighted by Crippen LogP contribution is -2.60. The predicted molar refractivity (Wildman–Crippen MR) is 79.4 cm³/mol. The van der Waals surface area contributed by atoms with Gasteiger partial charge in [0.15, 0.2) is 0 Å². The van der Waals surface area contributed by atoms with E-state index in [2.05, 4.69) is 0 Å². The summed E-state index contributed by atoms with van der Waals surface area (Å²) in [6.45, 7) is 0. The van der Waals surface area contributed by atoms with E-state index in [9.17, 15) is 18.0 Å². The first-order valence-corrected chi connectivity index (χ1v) is 7.04. The molecule has 7 heteroatoms. The second-order valence-electron chi connectivity index (χ2n) is 5.12. The molecule has 3 rings (SSSR count). The van der Waals surface area contributed by atoms with Gasteiger partial charge in [0.1, 0.15) is 0 Å². The number of nitrogens with zero attached hydrogens (tertiary/aromatic N) is 1. The van der Waals surface area contributed by atoms with Crippen LogP contribution in [0.3, 0.4) is 0 Å². The van der Waals surface area contributed by atoms with Crippen LogP contribution in [0.25, 0.3) is 0 Å². The van der Waals surface area contributed by atoms with Gasteiger partial charge in [0.2, 0.25) is 0 Å². The number of esters is 1. The van der Waals surface area contributed by atoms with Crippen LogP contribution in [0.4, 0.5) is 18.9 Å². The van der Waals surface area contributed by atoms with Gasteiger partial charge in [-0.15, -0.1) is 0 Å². The molecule has 0 N–H and O–H groups in total. The van der Waals surface area contributed by atoms with Gasteiger partial charge in [0, 0.05) is 17.6 Å². The third-order valence-corrected chi connectivity index (χ3v) is 4.03. The second-order valence-corrected chi connectivity index (χ2v) is 5.55. The molecular formula is C16H11ClF3NO2. The number of cyclic esters (lactones) is 1. The predicted octanol–water partition coefficient (Wildman–Crippen LogP) is 4.36. The van der Waals surface area contributed by atoms with Crippen LogP contribution in [0.15, 0.2) is 48.5 Å². The minimum Gasteiger partial charge on any atom is -0.421 e. The van der Waals surface area contributed by atoms with Crippen molar-refractivity contribution < 1.29 is 22.7 Å². The first-order valence-electron chi connectivity index (χ1n) is 6.66. The van der Waals surface area contributed by atoms with Crippen molar-refractivity contribution in [2.75, 3.05) is 11.9 Å². The van der Waals surface area contributed by atoms with E-state index in [4.69, 9.17) is 16.3 Å². The number of benzene rings is 2. The molecule has 2 aromatic rings. The Balaban J connectivity index is 2.29. The average molecular weight is 342 g/mol. The molecule has 2 aromatic carbocycles. The third-order valence-electron chi connectivity index (χ3n) is 3.80. The first-order chi connectivity index (χ1) is 10.8. The van der Waals surface area contributed by atoms with Crippen molar-refractivity contribution in [3.8, 4) is 0 Å². The smallest absolute Gasteiger partial charge is 0.421 e. The minimum absolute atomic E-state index is 0.0805. The normalized spacial score (nSPS) is 20.9. The average Bonchev–Trinajstić information content (AvgIpc) is 2.50. The van der Waals surface area contributed by atoms with Crippen LogP contribution >= 0.6 is 11.6 Å². The van der Waals surface area contributed by atoms with E-state index in [1.165, 1.54) is 37.4 Å². The summed E-state index contributed by atoms with van der Waals surface area (Å²) >= 11 is 5.83. The van der Waals surface area contributed by atoms with Crippen molar-refractivity contribution in [2.45, 2.75) is 11.9 Å². The Hall–Kier alpha value is -2.21. The van der Waals surface area contributed by atoms with Gasteiger partial charge in [-0.3, -0.25) is 0 Å². The van der Waals surface area contributed by atoms with Crippen molar-refractivity contribution in [1.82, 2.24) is 0 Å². The van der Waals surface area contributed by atoms with Crippen LogP contribution in [0.1, 0.15) is 15.9 Å². The summed E-state index contributed by atoms with van der Waals surface area (Å²) in [7, 11) is 1.24. The molecule has 0 aliphatic carbocycles. The van der Waals surface area contributed by atoms with E-state index in [1.54, 1.807) is 12.1 Å². The van der Waals surface area contributed by atoms with Gasteiger partial charge < -0.3 is 9.64 Å². The first kappa shape index (κ1) is 15.7. The number of alkyl halides is 3. The third kappa shape index (κ3) is 2.25. The molecule has 0 spiro atoms. The molecule has 0 aromatic heterocycles. The van der Waals surface area contributed by atoms with Crippen molar-refractivity contribution in [3.63, 3.8) is 0 Å². The number of para-hydroxylation sites is 1. The number of carbonyl (C=O) groups is 1. The minimum atomic E-state index is -4.87. The van der Waals surface area contributed by atoms with Gasteiger partial charge in [0.05, 0.1) is 11.3 Å². The zero-order chi connectivity index (χ0) is 16.8. The lowest BCUT2D eigenvalue weighted by Gasteiger charge is -2.46. The van der Waals surface area contributed by atoms with Gasteiger partial charge in [-0.05, 0) is 24.3 Å². The molecule has 0 saturated carbocycles. The lowest BCUT2D eigenvalue weighted by molar-refractivity contribution is -0.265. The SMILES string of the molecule is CN1c2ccccc2C(=O)O[C@@]1(c1cccc(Cl)c1)C(F)(F)F. The molecule has 0 fully saturated rings. The number of rotatable bonds is 1. The number of halogens is 4. The van der Waals surface area contributed by atoms with E-state index in [1.807, 2.05) is 0 Å². The molecule has 0 radical (unpaired) electrons. The summed E-state index contributed by atoms with van der Waals surface area (Å²) in [6, 6.07) is 11.2. The molecule has 0 unspecified atom stereocenters. The fraction of sp³-hybridized carbons (Fsp3) is 0.188. The molecule has 3 nitrogen and oxygen atoms in total. The maximum atomic E-state index is 14.0. The van der Waals surface area contributed by atoms with Crippen LogP contribution in [0, 0.1) is 0 Å². The van der Waals surface area contributed by atoms with Crippen molar-refractivity contribution in [2.24, 2.45) is 0 Å². The van der Waals surface area contributed by atoms with Gasteiger partial charge in [-0.1, -0.05) is 35.9 Å². The number of anilines is 1. The molecule has 1 atom stereocenters. The molecule has 1 aliphatic heterocycles. The van der Waals surface area contributed by atoms with E-state index in [0.29, 0.717) is 0 Å². The molecule has 1 aliphatic rings. The molecular weight excluding hydrogens is 331 g/mol. The Morgan fingerprint density at radius 3 is 2.48 bits per heavy atom. The zero-order valence-electron chi connectivity index (χ0n) is 11.9. The monoisotopic (exact) mass is 341 g/mol. The fourth-order valence-corrected chi connectivity index (χ4v) is 2.92. The number of ether oxygens (including phenoxy) is 1. The zero-order valence-corrected chi connectivity index (χ0v) is 12.7. The fourth-order valence-electron chi connectivity index (χ4n) is 2.73. The highest BCUT2D eigenvalue weighted by Crippen LogP contribution is 2.50. The van der Waals surface area contributed by atoms with Crippen molar-refractivity contribution in [1.29, 1.82) is 0 Å². The van der Waals surface area contributed by atoms with Crippen LogP contribution in [-0.4, -0.2) is 19.2 Å². The van der Waals surface area contributed by atoms with Gasteiger partial charge in [0.25, 0.3) is 0 Å². The van der Waals surface area contributed by atoms with Gasteiger partial charge >= 0.3 is 17.9 Å². The number of hydrogen-bond donors (Lipinski definition) is 0. The largest absolute Gasteiger partial charge is 0.453 e. The Morgan fingerprint density at radius 2 is 1.83 bits per heavy atom. The standard InChI is InChI=1S/C16H11ClF3NO2/c1-21-13-8-3-2-7-12(13)14(22)23-15(21,16(18,19)20)10-5-4-6-11(17)9-10/h2-9H,1H3/t15-/m0/s1. The van der Waals surface area contributed by atoms with Gasteiger partial charge in [-0.25, -0.2) is 4.79 Å². The highest BCUT2D eigenvalue weighted by atomic mass is 35.5. The van der Waals surface area contributed by atoms with Crippen molar-refractivity contribution in [3.05, 3.63) is 64.7 Å². The highest BCUT2D eigenvalue weighted by molar-refractivity contribution is 6.30. The molecule has 120 valence electrons. The van der Waals surface area contributed by atoms with E-state index in [0.717, 1.165) is 11.0 Å². The molecule has 0 amide bonds. The number of hydrogen-bond acceptors (Lipinski definition) is 3. The summed E-state index contributed by atoms with van der Waals surface area (Å²) < 4.78 is 46.8. The Bertz CT molecular complexity index is 778. The van der Waals surface area contributed by atoms with E-state index in [-0.39, 0.29) is 21.8 Å². The Kier molecular flexibility index (Phi) is 3.52. The topological polar surface area (TPSA) is 29.5 Å². The Labute approximate surface area is 135 Å². The maximum absolute atomic E-state index is 14.0. The number of carbonyl (C=O) groups excluding carboxylic acids is 1. The molecule has 1 heterocycles. The van der Waals surface area contributed by atoms with E-state index < -0.39 is 17.9 Å². The summed E-state index contributed by atoms with van der Waals surface area (Å²) in [4.78, 5) is 13.1. The molecule has 23 heavy (non-hydrogen) atoms. The second kappa shape index (κ2) is 5.16. The Morgan fingerprint density at radius 1 is 1.13 bits per heavy atom. The van der Waals surface area contributed by atoms with Crippen LogP contribution in [0.5, 0.6) is 0 Å². The molecule has 0 bridgehead atoms. The molecule has 0 saturated heterocycles. The van der Waals surface area contributed by atoms with Gasteiger partial charge in [-0.2, -0.15) is 13.2 Å². The van der Waals surface area contributed by atoms with E-state index >= 15 is 0 Å². The maximum Gasteiger partial charge on any atom is 0.453 e. The summed E-state index contributed by atoms with van der Waals surface area (Å²) in [5, 5.41) is 0.120. The van der Waals surface area contributed by atoms with Crippen LogP contribution in [-0.2, 0) is 10.5 Å². The van der Waals surface area contributed by atoms with Crippen molar-refractivity contribution >= 4 is 23.3 Å². The lowest BCUT2D eigenvalue weighted by atomic mass is 9.96. The van der Waals surface area contributed by atoms with Crippen LogP contribution < -0.4 is 4.90 Å². The van der Waals surface area contributed by atoms with Crippen LogP contribution in [0.2, 0.25) is 5.02 Å².